The fourth-order valence-electron chi connectivity index (χ4n) is 12.8. The average molecular weight is 797 g/mol. The van der Waals surface area contributed by atoms with Crippen LogP contribution in [-0.4, -0.2) is 20.4 Å². The van der Waals surface area contributed by atoms with Crippen LogP contribution in [0, 0.1) is 27.7 Å². The zero-order valence-corrected chi connectivity index (χ0v) is 36.9. The number of hydrogen-bond acceptors (Lipinski definition) is 4. The Morgan fingerprint density at radius 1 is 0.373 bits per heavy atom. The minimum absolute atomic E-state index is 0.210. The van der Waals surface area contributed by atoms with Crippen molar-refractivity contribution in [2.24, 2.45) is 0 Å². The Bertz CT molecular complexity index is 1970. The lowest BCUT2D eigenvalue weighted by Gasteiger charge is -2.44. The Kier molecular flexibility index (Phi) is 12.5. The molecule has 4 aliphatic rings. The first-order valence-corrected chi connectivity index (χ1v) is 23.8. The Hall–Kier alpha value is -3.92. The largest absolute Gasteiger partial charge is 0.508 e. The number of aryl methyl sites for hydroxylation is 4. The highest BCUT2D eigenvalue weighted by atomic mass is 16.3. The van der Waals surface area contributed by atoms with Gasteiger partial charge in [-0.25, -0.2) is 0 Å². The molecule has 4 heteroatoms. The predicted molar refractivity (Wildman–Crippen MR) is 243 cm³/mol. The zero-order valence-electron chi connectivity index (χ0n) is 36.9. The fraction of sp³-hybridized carbons (Fsp3) is 0.564. The van der Waals surface area contributed by atoms with Crippen molar-refractivity contribution in [1.29, 1.82) is 0 Å². The van der Waals surface area contributed by atoms with Gasteiger partial charge in [-0.2, -0.15) is 0 Å². The molecule has 8 rings (SSSR count). The minimum Gasteiger partial charge on any atom is -0.508 e. The second-order valence-corrected chi connectivity index (χ2v) is 20.0. The lowest BCUT2D eigenvalue weighted by atomic mass is 9.58. The van der Waals surface area contributed by atoms with Crippen LogP contribution in [0.4, 0.5) is 0 Å². The minimum atomic E-state index is -0.681. The molecule has 0 bridgehead atoms. The van der Waals surface area contributed by atoms with Crippen LogP contribution in [0.5, 0.6) is 23.0 Å². The van der Waals surface area contributed by atoms with Gasteiger partial charge in [0.15, 0.2) is 0 Å². The van der Waals surface area contributed by atoms with Crippen molar-refractivity contribution < 1.29 is 20.4 Å². The van der Waals surface area contributed by atoms with Crippen molar-refractivity contribution in [3.8, 4) is 23.0 Å². The van der Waals surface area contributed by atoms with Gasteiger partial charge in [-0.3, -0.25) is 0 Å². The Morgan fingerprint density at radius 3 is 0.915 bits per heavy atom. The third kappa shape index (κ3) is 8.16. The molecule has 4 saturated carbocycles. The smallest absolute Gasteiger partial charge is 0.119 e. The van der Waals surface area contributed by atoms with E-state index in [0.29, 0.717) is 46.7 Å². The van der Waals surface area contributed by atoms with E-state index in [4.69, 9.17) is 0 Å². The highest BCUT2D eigenvalue weighted by Crippen LogP contribution is 2.56. The van der Waals surface area contributed by atoms with Crippen molar-refractivity contribution in [1.82, 2.24) is 0 Å². The summed E-state index contributed by atoms with van der Waals surface area (Å²) in [5, 5.41) is 47.2. The highest BCUT2D eigenvalue weighted by molar-refractivity contribution is 5.62. The lowest BCUT2D eigenvalue weighted by molar-refractivity contribution is 0.405. The molecule has 0 aromatic heterocycles. The third-order valence-electron chi connectivity index (χ3n) is 16.1. The monoisotopic (exact) mass is 797 g/mol. The van der Waals surface area contributed by atoms with Gasteiger partial charge in [-0.15, -0.1) is 0 Å². The van der Waals surface area contributed by atoms with E-state index in [-0.39, 0.29) is 5.92 Å². The van der Waals surface area contributed by atoms with Crippen molar-refractivity contribution >= 4 is 0 Å². The van der Waals surface area contributed by atoms with Gasteiger partial charge < -0.3 is 20.4 Å². The van der Waals surface area contributed by atoms with Crippen LogP contribution < -0.4 is 0 Å². The molecule has 4 nitrogen and oxygen atoms in total. The van der Waals surface area contributed by atoms with Gasteiger partial charge in [-0.1, -0.05) is 108 Å². The van der Waals surface area contributed by atoms with E-state index in [2.05, 4.69) is 58.9 Å². The number of phenols is 4. The van der Waals surface area contributed by atoms with Gasteiger partial charge >= 0.3 is 0 Å². The molecular formula is C55H72O4. The van der Waals surface area contributed by atoms with Crippen molar-refractivity contribution in [3.63, 3.8) is 0 Å². The SMILES string of the molecule is Cc1cc(O)c(C2CCCCC2)cc1C(c1cc(C2CCCCC2)c(O)cc1C)C(C)(c1cc(C2CCCCC2)c(O)cc1C)c1cc(C2CCCCC2)c(O)cc1C. The molecule has 0 aliphatic heterocycles. The van der Waals surface area contributed by atoms with Crippen LogP contribution in [0.25, 0.3) is 0 Å². The van der Waals surface area contributed by atoms with Crippen LogP contribution in [0.3, 0.4) is 0 Å². The summed E-state index contributed by atoms with van der Waals surface area (Å²) < 4.78 is 0. The maximum atomic E-state index is 11.8. The van der Waals surface area contributed by atoms with Crippen LogP contribution in [0.15, 0.2) is 48.5 Å². The van der Waals surface area contributed by atoms with Gasteiger partial charge in [-0.05, 0) is 194 Å². The molecule has 0 radical (unpaired) electrons. The van der Waals surface area contributed by atoms with E-state index in [0.717, 1.165) is 95.9 Å². The Balaban J connectivity index is 1.47. The number of phenolic OH excluding ortho intramolecular Hbond substituents is 4. The molecule has 4 N–H and O–H groups in total. The van der Waals surface area contributed by atoms with E-state index in [1.54, 1.807) is 0 Å². The molecular weight excluding hydrogens is 725 g/mol. The van der Waals surface area contributed by atoms with E-state index in [9.17, 15) is 20.4 Å². The second kappa shape index (κ2) is 17.6. The number of aromatic hydroxyl groups is 4. The topological polar surface area (TPSA) is 80.9 Å². The summed E-state index contributed by atoms with van der Waals surface area (Å²) in [5.41, 5.74) is 12.7. The van der Waals surface area contributed by atoms with E-state index >= 15 is 0 Å². The molecule has 0 spiro atoms. The summed E-state index contributed by atoms with van der Waals surface area (Å²) in [7, 11) is 0. The molecule has 4 fully saturated rings. The molecule has 316 valence electrons. The van der Waals surface area contributed by atoms with Crippen LogP contribution in [0.1, 0.15) is 232 Å². The van der Waals surface area contributed by atoms with Gasteiger partial charge in [0.2, 0.25) is 0 Å². The first-order chi connectivity index (χ1) is 28.4. The summed E-state index contributed by atoms with van der Waals surface area (Å²) in [6.07, 6.45) is 23.2. The van der Waals surface area contributed by atoms with Crippen molar-refractivity contribution in [2.45, 2.75) is 198 Å². The van der Waals surface area contributed by atoms with Gasteiger partial charge in [0, 0.05) is 11.3 Å². The molecule has 0 amide bonds. The first kappa shape index (κ1) is 41.8. The van der Waals surface area contributed by atoms with Gasteiger partial charge in [0.05, 0.1) is 0 Å². The van der Waals surface area contributed by atoms with Gasteiger partial charge in [0.1, 0.15) is 23.0 Å². The normalized spacial score (nSPS) is 19.4. The van der Waals surface area contributed by atoms with Crippen LogP contribution in [-0.2, 0) is 5.41 Å². The number of hydrogen-bond donors (Lipinski definition) is 4. The van der Waals surface area contributed by atoms with Crippen LogP contribution >= 0.6 is 0 Å². The van der Waals surface area contributed by atoms with E-state index < -0.39 is 5.41 Å². The maximum Gasteiger partial charge on any atom is 0.119 e. The molecule has 59 heavy (non-hydrogen) atoms. The van der Waals surface area contributed by atoms with E-state index in [1.807, 2.05) is 24.3 Å². The second-order valence-electron chi connectivity index (χ2n) is 20.0. The number of benzene rings is 4. The maximum absolute atomic E-state index is 11.8. The van der Waals surface area contributed by atoms with Crippen molar-refractivity contribution in [3.05, 3.63) is 115 Å². The summed E-state index contributed by atoms with van der Waals surface area (Å²) >= 11 is 0. The Labute approximate surface area is 355 Å². The fourth-order valence-corrected chi connectivity index (χ4v) is 12.8. The van der Waals surface area contributed by atoms with Crippen LogP contribution in [0.2, 0.25) is 0 Å². The molecule has 4 aliphatic carbocycles. The summed E-state index contributed by atoms with van der Waals surface area (Å²) in [4.78, 5) is 0. The Morgan fingerprint density at radius 2 is 0.627 bits per heavy atom. The number of rotatable bonds is 9. The molecule has 0 heterocycles. The predicted octanol–water partition coefficient (Wildman–Crippen LogP) is 15.1. The summed E-state index contributed by atoms with van der Waals surface area (Å²) in [5.74, 6) is 2.67. The molecule has 0 saturated heterocycles. The third-order valence-corrected chi connectivity index (χ3v) is 16.1. The molecule has 0 atom stereocenters. The van der Waals surface area contributed by atoms with Gasteiger partial charge in [0.25, 0.3) is 0 Å². The quantitative estimate of drug-likeness (QED) is 0.136. The lowest BCUT2D eigenvalue weighted by Crippen LogP contribution is -2.36. The zero-order chi connectivity index (χ0) is 41.4. The van der Waals surface area contributed by atoms with Crippen molar-refractivity contribution in [2.75, 3.05) is 0 Å². The standard InChI is InChI=1S/C55H72O4/c1-34-26-50(56)44(38-18-10-6-11-19-38)30-42(34)54(43-31-45(51(57)27-35(43)2)39-20-12-7-13-21-39)55(5,48-32-46(52(58)28-36(48)3)40-22-14-8-15-23-40)49-33-47(53(59)29-37(49)4)41-24-16-9-17-25-41/h26-33,38-41,54,56-59H,6-25H2,1-5H3. The first-order valence-electron chi connectivity index (χ1n) is 23.8. The average Bonchev–Trinajstić information content (AvgIpc) is 3.23. The van der Waals surface area contributed by atoms with E-state index in [1.165, 1.54) is 99.3 Å². The summed E-state index contributed by atoms with van der Waals surface area (Å²) in [6.45, 7) is 11.2. The highest BCUT2D eigenvalue weighted by Gasteiger charge is 2.45. The molecule has 4 aromatic carbocycles. The summed E-state index contributed by atoms with van der Waals surface area (Å²) in [6, 6.07) is 17.7. The molecule has 4 aromatic rings. The molecule has 0 unspecified atom stereocenters.